The van der Waals surface area contributed by atoms with E-state index in [1.54, 1.807) is 0 Å². The molecule has 2 unspecified atom stereocenters. The third kappa shape index (κ3) is 3.16. The fourth-order valence-electron chi connectivity index (χ4n) is 2.68. The van der Waals surface area contributed by atoms with Crippen LogP contribution in [0.2, 0.25) is 0 Å². The molecule has 2 rings (SSSR count). The van der Waals surface area contributed by atoms with E-state index in [1.807, 2.05) is 0 Å². The van der Waals surface area contributed by atoms with E-state index in [1.165, 1.54) is 50.8 Å². The monoisotopic (exact) mass is 213 g/mol. The molecule has 14 heavy (non-hydrogen) atoms. The van der Waals surface area contributed by atoms with Crippen LogP contribution < -0.4 is 5.32 Å². The fourth-order valence-corrected chi connectivity index (χ4v) is 4.27. The van der Waals surface area contributed by atoms with Crippen LogP contribution in [0.4, 0.5) is 0 Å². The Morgan fingerprint density at radius 1 is 1.21 bits per heavy atom. The average molecular weight is 213 g/mol. The molecule has 0 radical (unpaired) electrons. The van der Waals surface area contributed by atoms with Crippen molar-refractivity contribution >= 4 is 11.8 Å². The molecular formula is C12H23NS. The molecule has 3 atom stereocenters. The molecule has 82 valence electrons. The molecule has 0 aromatic rings. The van der Waals surface area contributed by atoms with Gasteiger partial charge >= 0.3 is 0 Å². The van der Waals surface area contributed by atoms with Crippen molar-refractivity contribution in [3.8, 4) is 0 Å². The molecule has 2 aliphatic rings. The van der Waals surface area contributed by atoms with Gasteiger partial charge in [0.15, 0.2) is 0 Å². The average Bonchev–Trinajstić information content (AvgIpc) is 2.67. The summed E-state index contributed by atoms with van der Waals surface area (Å²) in [6, 6.07) is 0.831. The number of thioether (sulfide) groups is 1. The third-order valence-electron chi connectivity index (χ3n) is 3.58. The largest absolute Gasteiger partial charge is 0.313 e. The Morgan fingerprint density at radius 3 is 2.86 bits per heavy atom. The Morgan fingerprint density at radius 2 is 2.14 bits per heavy atom. The summed E-state index contributed by atoms with van der Waals surface area (Å²) >= 11 is 2.24. The van der Waals surface area contributed by atoms with Crippen LogP contribution in [-0.2, 0) is 0 Å². The topological polar surface area (TPSA) is 12.0 Å². The van der Waals surface area contributed by atoms with E-state index in [-0.39, 0.29) is 0 Å². The second-order valence-corrected chi connectivity index (χ2v) is 6.35. The van der Waals surface area contributed by atoms with Crippen LogP contribution in [-0.4, -0.2) is 23.6 Å². The lowest BCUT2D eigenvalue weighted by Gasteiger charge is -2.27. The first-order valence-electron chi connectivity index (χ1n) is 6.19. The van der Waals surface area contributed by atoms with Crippen LogP contribution in [0, 0.1) is 5.92 Å². The van der Waals surface area contributed by atoms with E-state index < -0.39 is 0 Å². The molecule has 0 aromatic heterocycles. The molecule has 1 aliphatic carbocycles. The minimum Gasteiger partial charge on any atom is -0.313 e. The SMILES string of the molecule is CC1CCCC(SC[C@H]2CCCN2)C1. The van der Waals surface area contributed by atoms with Crippen LogP contribution in [0.25, 0.3) is 0 Å². The van der Waals surface area contributed by atoms with E-state index in [0.717, 1.165) is 17.2 Å². The Bertz CT molecular complexity index is 166. The summed E-state index contributed by atoms with van der Waals surface area (Å²) in [6.07, 6.45) is 8.69. The van der Waals surface area contributed by atoms with Crippen molar-refractivity contribution in [3.05, 3.63) is 0 Å². The van der Waals surface area contributed by atoms with Crippen molar-refractivity contribution in [2.24, 2.45) is 5.92 Å². The van der Waals surface area contributed by atoms with Crippen LogP contribution in [0.3, 0.4) is 0 Å². The van der Waals surface area contributed by atoms with Gasteiger partial charge in [0.2, 0.25) is 0 Å². The van der Waals surface area contributed by atoms with Crippen LogP contribution in [0.15, 0.2) is 0 Å². The molecule has 2 fully saturated rings. The molecule has 1 nitrogen and oxygen atoms in total. The number of nitrogens with one attached hydrogen (secondary N) is 1. The Balaban J connectivity index is 1.64. The fraction of sp³-hybridized carbons (Fsp3) is 1.00. The van der Waals surface area contributed by atoms with E-state index in [9.17, 15) is 0 Å². The molecule has 2 heteroatoms. The van der Waals surface area contributed by atoms with Gasteiger partial charge in [-0.15, -0.1) is 0 Å². The Labute approximate surface area is 92.4 Å². The summed E-state index contributed by atoms with van der Waals surface area (Å²) in [5.74, 6) is 2.34. The first-order chi connectivity index (χ1) is 6.84. The summed E-state index contributed by atoms with van der Waals surface area (Å²) in [6.45, 7) is 3.67. The highest BCUT2D eigenvalue weighted by Gasteiger charge is 2.21. The summed E-state index contributed by atoms with van der Waals surface area (Å²) in [7, 11) is 0. The van der Waals surface area contributed by atoms with Crippen LogP contribution in [0.5, 0.6) is 0 Å². The highest BCUT2D eigenvalue weighted by atomic mass is 32.2. The normalized spacial score (nSPS) is 38.8. The lowest BCUT2D eigenvalue weighted by Crippen LogP contribution is -2.26. The smallest absolute Gasteiger partial charge is 0.0158 e. The molecule has 0 bridgehead atoms. The zero-order chi connectivity index (χ0) is 9.80. The molecule has 1 heterocycles. The van der Waals surface area contributed by atoms with Crippen LogP contribution in [0.1, 0.15) is 45.4 Å². The predicted octanol–water partition coefficient (Wildman–Crippen LogP) is 3.05. The maximum absolute atomic E-state index is 3.59. The molecule has 1 N–H and O–H groups in total. The Kier molecular flexibility index (Phi) is 4.18. The molecule has 1 saturated carbocycles. The van der Waals surface area contributed by atoms with E-state index in [4.69, 9.17) is 0 Å². The molecule has 0 aromatic carbocycles. The van der Waals surface area contributed by atoms with Crippen molar-refractivity contribution in [2.45, 2.75) is 56.7 Å². The first kappa shape index (κ1) is 10.8. The highest BCUT2D eigenvalue weighted by Crippen LogP contribution is 2.32. The second kappa shape index (κ2) is 5.41. The van der Waals surface area contributed by atoms with Gasteiger partial charge in [0.05, 0.1) is 0 Å². The first-order valence-corrected chi connectivity index (χ1v) is 7.24. The number of hydrogen-bond donors (Lipinski definition) is 1. The second-order valence-electron chi connectivity index (χ2n) is 5.02. The van der Waals surface area contributed by atoms with E-state index in [0.29, 0.717) is 0 Å². The molecule has 0 amide bonds. The van der Waals surface area contributed by atoms with Gasteiger partial charge in [-0.1, -0.05) is 19.8 Å². The van der Waals surface area contributed by atoms with Gasteiger partial charge in [0, 0.05) is 17.0 Å². The summed E-state index contributed by atoms with van der Waals surface area (Å²) in [4.78, 5) is 0. The van der Waals surface area contributed by atoms with Gasteiger partial charge in [-0.2, -0.15) is 11.8 Å². The summed E-state index contributed by atoms with van der Waals surface area (Å²) in [5, 5.41) is 4.56. The summed E-state index contributed by atoms with van der Waals surface area (Å²) in [5.41, 5.74) is 0. The standard InChI is InChI=1S/C12H23NS/c1-10-4-2-6-12(8-10)14-9-11-5-3-7-13-11/h10-13H,2-9H2,1H3/t10?,11-,12?/m1/s1. The summed E-state index contributed by atoms with van der Waals surface area (Å²) < 4.78 is 0. The van der Waals surface area contributed by atoms with E-state index >= 15 is 0 Å². The molecular weight excluding hydrogens is 190 g/mol. The van der Waals surface area contributed by atoms with E-state index in [2.05, 4.69) is 24.0 Å². The molecule has 0 spiro atoms. The minimum atomic E-state index is 0.831. The van der Waals surface area contributed by atoms with Crippen molar-refractivity contribution in [3.63, 3.8) is 0 Å². The predicted molar refractivity (Wildman–Crippen MR) is 64.9 cm³/mol. The highest BCUT2D eigenvalue weighted by molar-refractivity contribution is 7.99. The van der Waals surface area contributed by atoms with Gasteiger partial charge < -0.3 is 5.32 Å². The lowest BCUT2D eigenvalue weighted by molar-refractivity contribution is 0.394. The Hall–Kier alpha value is 0.310. The molecule has 1 saturated heterocycles. The van der Waals surface area contributed by atoms with Crippen molar-refractivity contribution in [2.75, 3.05) is 12.3 Å². The van der Waals surface area contributed by atoms with Crippen LogP contribution >= 0.6 is 11.8 Å². The van der Waals surface area contributed by atoms with Gasteiger partial charge in [-0.25, -0.2) is 0 Å². The van der Waals surface area contributed by atoms with Gasteiger partial charge in [-0.05, 0) is 38.1 Å². The number of rotatable bonds is 3. The zero-order valence-corrected chi connectivity index (χ0v) is 10.1. The zero-order valence-electron chi connectivity index (χ0n) is 9.30. The lowest BCUT2D eigenvalue weighted by atomic mass is 9.91. The maximum Gasteiger partial charge on any atom is 0.0158 e. The van der Waals surface area contributed by atoms with Crippen molar-refractivity contribution < 1.29 is 0 Å². The van der Waals surface area contributed by atoms with Gasteiger partial charge in [0.1, 0.15) is 0 Å². The molecule has 1 aliphatic heterocycles. The minimum absolute atomic E-state index is 0.831. The quantitative estimate of drug-likeness (QED) is 0.773. The number of hydrogen-bond acceptors (Lipinski definition) is 2. The van der Waals surface area contributed by atoms with Crippen molar-refractivity contribution in [1.82, 2.24) is 5.32 Å². The van der Waals surface area contributed by atoms with Gasteiger partial charge in [0.25, 0.3) is 0 Å². The maximum atomic E-state index is 3.59. The van der Waals surface area contributed by atoms with Gasteiger partial charge in [-0.3, -0.25) is 0 Å². The van der Waals surface area contributed by atoms with Crippen molar-refractivity contribution in [1.29, 1.82) is 0 Å². The third-order valence-corrected chi connectivity index (χ3v) is 5.08.